The van der Waals surface area contributed by atoms with Crippen molar-refractivity contribution in [3.05, 3.63) is 0 Å². The fraction of sp³-hybridized carbons (Fsp3) is 1.00. The molecule has 0 aromatic rings. The highest BCUT2D eigenvalue weighted by Gasteiger charge is 2.49. The van der Waals surface area contributed by atoms with Gasteiger partial charge in [0.2, 0.25) is 0 Å². The lowest BCUT2D eigenvalue weighted by atomic mass is 9.95. The van der Waals surface area contributed by atoms with Crippen molar-refractivity contribution in [1.82, 2.24) is 0 Å². The minimum absolute atomic E-state index is 0.465. The van der Waals surface area contributed by atoms with Gasteiger partial charge in [-0.3, -0.25) is 0 Å². The summed E-state index contributed by atoms with van der Waals surface area (Å²) < 4.78 is 21.2. The van der Waals surface area contributed by atoms with Crippen LogP contribution < -0.4 is 11.5 Å². The Morgan fingerprint density at radius 2 is 1.38 bits per heavy atom. The molecule has 2 rings (SSSR count). The average Bonchev–Trinajstić information content (AvgIpc) is 2.57. The Morgan fingerprint density at radius 1 is 0.875 bits per heavy atom. The summed E-state index contributed by atoms with van der Waals surface area (Å²) in [5.41, 5.74) is 11.5. The van der Waals surface area contributed by atoms with Crippen LogP contribution >= 0.6 is 0 Å². The summed E-state index contributed by atoms with van der Waals surface area (Å²) in [5, 5.41) is 48.8. The molecular weight excluding hydrogens is 328 g/mol. The lowest BCUT2D eigenvalue weighted by molar-refractivity contribution is -0.345. The van der Waals surface area contributed by atoms with Crippen LogP contribution in [0.3, 0.4) is 0 Å². The minimum atomic E-state index is -1.58. The molecule has 11 heteroatoms. The Bertz CT molecular complexity index is 404. The van der Waals surface area contributed by atoms with Crippen molar-refractivity contribution in [2.24, 2.45) is 11.5 Å². The number of ether oxygens (including phenoxy) is 4. The normalized spacial score (nSPS) is 50.0. The molecule has 0 spiro atoms. The fourth-order valence-corrected chi connectivity index (χ4v) is 2.89. The molecule has 0 aliphatic carbocycles. The Balaban J connectivity index is 2.12. The summed E-state index contributed by atoms with van der Waals surface area (Å²) in [7, 11) is 1.30. The summed E-state index contributed by atoms with van der Waals surface area (Å²) >= 11 is 0. The average molecular weight is 354 g/mol. The van der Waals surface area contributed by atoms with Gasteiger partial charge in [-0.05, 0) is 0 Å². The molecule has 0 saturated carbocycles. The third kappa shape index (κ3) is 3.71. The van der Waals surface area contributed by atoms with E-state index in [0.717, 1.165) is 0 Å². The smallest absolute Gasteiger partial charge is 0.187 e. The van der Waals surface area contributed by atoms with Gasteiger partial charge in [0.15, 0.2) is 12.6 Å². The van der Waals surface area contributed by atoms with Gasteiger partial charge in [0.1, 0.15) is 36.6 Å². The van der Waals surface area contributed by atoms with Gasteiger partial charge in [0.05, 0.1) is 25.3 Å². The Kier molecular flexibility index (Phi) is 6.87. The summed E-state index contributed by atoms with van der Waals surface area (Å²) in [6.07, 6.45) is -9.61. The van der Waals surface area contributed by atoms with E-state index in [1.165, 1.54) is 7.11 Å². The van der Waals surface area contributed by atoms with Crippen LogP contribution in [0.1, 0.15) is 0 Å². The molecule has 11 nitrogen and oxygen atoms in total. The molecule has 0 radical (unpaired) electrons. The van der Waals surface area contributed by atoms with Gasteiger partial charge in [0, 0.05) is 7.11 Å². The predicted molar refractivity (Wildman–Crippen MR) is 77.3 cm³/mol. The van der Waals surface area contributed by atoms with Crippen molar-refractivity contribution < 1.29 is 44.5 Å². The highest BCUT2D eigenvalue weighted by molar-refractivity contribution is 4.96. The van der Waals surface area contributed by atoms with E-state index in [-0.39, 0.29) is 0 Å². The molecule has 2 fully saturated rings. The van der Waals surface area contributed by atoms with Crippen molar-refractivity contribution in [2.75, 3.05) is 20.3 Å². The topological polar surface area (TPSA) is 190 Å². The zero-order chi connectivity index (χ0) is 18.0. The maximum absolute atomic E-state index is 10.2. The molecule has 0 amide bonds. The quantitative estimate of drug-likeness (QED) is 0.251. The van der Waals surface area contributed by atoms with Crippen LogP contribution in [0, 0.1) is 0 Å². The summed E-state index contributed by atoms with van der Waals surface area (Å²) in [6, 6.07) is -1.91. The summed E-state index contributed by atoms with van der Waals surface area (Å²) in [6.45, 7) is -0.949. The fourth-order valence-electron chi connectivity index (χ4n) is 2.89. The molecule has 9 N–H and O–H groups in total. The first-order valence-corrected chi connectivity index (χ1v) is 7.62. The van der Waals surface area contributed by atoms with Crippen molar-refractivity contribution in [2.45, 2.75) is 61.3 Å². The maximum atomic E-state index is 10.2. The molecule has 0 bridgehead atoms. The second-order valence-corrected chi connectivity index (χ2v) is 5.91. The van der Waals surface area contributed by atoms with E-state index in [4.69, 9.17) is 35.5 Å². The molecule has 24 heavy (non-hydrogen) atoms. The molecule has 2 aliphatic heterocycles. The zero-order valence-electron chi connectivity index (χ0n) is 13.2. The lowest BCUT2D eigenvalue weighted by Crippen LogP contribution is -2.67. The zero-order valence-corrected chi connectivity index (χ0v) is 13.2. The number of aliphatic hydroxyl groups is 5. The van der Waals surface area contributed by atoms with Gasteiger partial charge < -0.3 is 55.9 Å². The first-order chi connectivity index (χ1) is 11.3. The van der Waals surface area contributed by atoms with Crippen LogP contribution in [0.2, 0.25) is 0 Å². The molecule has 142 valence electrons. The van der Waals surface area contributed by atoms with Crippen molar-refractivity contribution >= 4 is 0 Å². The minimum Gasteiger partial charge on any atom is -0.394 e. The van der Waals surface area contributed by atoms with Gasteiger partial charge in [-0.1, -0.05) is 0 Å². The van der Waals surface area contributed by atoms with Crippen molar-refractivity contribution in [1.29, 1.82) is 0 Å². The molecular formula is C13H26N2O9. The van der Waals surface area contributed by atoms with E-state index in [1.54, 1.807) is 0 Å². The lowest BCUT2D eigenvalue weighted by Gasteiger charge is -2.46. The second-order valence-electron chi connectivity index (χ2n) is 5.91. The number of hydrogen-bond donors (Lipinski definition) is 7. The van der Waals surface area contributed by atoms with E-state index >= 15 is 0 Å². The highest BCUT2D eigenvalue weighted by atomic mass is 16.7. The van der Waals surface area contributed by atoms with Crippen LogP contribution in [0.15, 0.2) is 0 Å². The Labute approximate surface area is 138 Å². The first kappa shape index (κ1) is 19.9. The van der Waals surface area contributed by atoms with Gasteiger partial charge in [-0.25, -0.2) is 0 Å². The number of nitrogens with two attached hydrogens (primary N) is 2. The van der Waals surface area contributed by atoms with Crippen molar-refractivity contribution in [3.63, 3.8) is 0 Å². The number of aliphatic hydroxyl groups excluding tert-OH is 5. The molecule has 10 atom stereocenters. The number of hydrogen-bond acceptors (Lipinski definition) is 11. The van der Waals surface area contributed by atoms with E-state index in [0.29, 0.717) is 0 Å². The molecule has 2 heterocycles. The molecule has 0 aromatic carbocycles. The highest BCUT2D eigenvalue weighted by Crippen LogP contribution is 2.28. The number of methoxy groups -OCH3 is 1. The van der Waals surface area contributed by atoms with Crippen LogP contribution in [0.4, 0.5) is 0 Å². The van der Waals surface area contributed by atoms with E-state index in [2.05, 4.69) is 0 Å². The van der Waals surface area contributed by atoms with Gasteiger partial charge >= 0.3 is 0 Å². The van der Waals surface area contributed by atoms with Crippen LogP contribution in [0.25, 0.3) is 0 Å². The van der Waals surface area contributed by atoms with Gasteiger partial charge in [-0.15, -0.1) is 0 Å². The van der Waals surface area contributed by atoms with Crippen LogP contribution in [-0.2, 0) is 18.9 Å². The SMILES string of the molecule is CO[C@@H]1[C@@H](O[C@H]2[C@@H](O)[C@H](N)[C@@H](CO)O[C@@H]2O)O[C@H](CO)[C@@H](N)[C@@H]1O. The first-order valence-electron chi connectivity index (χ1n) is 7.62. The third-order valence-electron chi connectivity index (χ3n) is 4.42. The van der Waals surface area contributed by atoms with E-state index < -0.39 is 74.5 Å². The summed E-state index contributed by atoms with van der Waals surface area (Å²) in [5.74, 6) is 0. The molecule has 0 unspecified atom stereocenters. The van der Waals surface area contributed by atoms with Crippen LogP contribution in [0.5, 0.6) is 0 Å². The van der Waals surface area contributed by atoms with Gasteiger partial charge in [0.25, 0.3) is 0 Å². The van der Waals surface area contributed by atoms with E-state index in [1.807, 2.05) is 0 Å². The maximum Gasteiger partial charge on any atom is 0.187 e. The largest absolute Gasteiger partial charge is 0.394 e. The molecule has 2 saturated heterocycles. The van der Waals surface area contributed by atoms with Gasteiger partial charge in [-0.2, -0.15) is 0 Å². The van der Waals surface area contributed by atoms with E-state index in [9.17, 15) is 20.4 Å². The molecule has 2 aliphatic rings. The van der Waals surface area contributed by atoms with Crippen molar-refractivity contribution in [3.8, 4) is 0 Å². The third-order valence-corrected chi connectivity index (χ3v) is 4.42. The number of rotatable bonds is 5. The predicted octanol–water partition coefficient (Wildman–Crippen LogP) is -4.81. The van der Waals surface area contributed by atoms with Crippen LogP contribution in [-0.4, -0.2) is 107 Å². The monoisotopic (exact) mass is 354 g/mol. The molecule has 0 aromatic heterocycles. The standard InChI is InChI=1S/C13H26N2O9/c1-21-11-9(19)7(15)5(3-17)23-13(11)24-10-8(18)6(14)4(2-16)22-12(10)20/h4-13,16-20H,2-3,14-15H2,1H3/t4-,5-,6-,7-,8+,9+,10+,11+,12+,13-/m1/s1. The second kappa shape index (κ2) is 8.29. The summed E-state index contributed by atoms with van der Waals surface area (Å²) in [4.78, 5) is 0. The Morgan fingerprint density at radius 3 is 1.88 bits per heavy atom. The Hall–Kier alpha value is -0.440.